The van der Waals surface area contributed by atoms with Crippen molar-refractivity contribution in [2.45, 2.75) is 71.2 Å². The number of benzene rings is 2. The predicted octanol–water partition coefficient (Wildman–Crippen LogP) is 4.49. The van der Waals surface area contributed by atoms with Crippen LogP contribution in [0.15, 0.2) is 60.8 Å². The second kappa shape index (κ2) is 13.1. The SMILES string of the molecule is CC[C@H](C)C(NC(=O)[C@@H](CC(=O)[C@H](C)NC(=O)OCc1ccccc1)Cc1c[nH]c2ccccc12)C(=O)C1(C)CO1. The number of aromatic nitrogens is 1. The average molecular weight is 562 g/mol. The van der Waals surface area contributed by atoms with Crippen molar-refractivity contribution in [1.82, 2.24) is 15.6 Å². The number of epoxide rings is 1. The molecule has 5 atom stereocenters. The Morgan fingerprint density at radius 3 is 2.39 bits per heavy atom. The van der Waals surface area contributed by atoms with Gasteiger partial charge >= 0.3 is 6.09 Å². The molecule has 41 heavy (non-hydrogen) atoms. The third-order valence-corrected chi connectivity index (χ3v) is 7.88. The molecule has 9 heteroatoms. The summed E-state index contributed by atoms with van der Waals surface area (Å²) in [6, 6.07) is 15.4. The molecule has 218 valence electrons. The van der Waals surface area contributed by atoms with Crippen molar-refractivity contribution in [3.05, 3.63) is 71.9 Å². The Morgan fingerprint density at radius 1 is 1.02 bits per heavy atom. The third-order valence-electron chi connectivity index (χ3n) is 7.88. The first-order valence-corrected chi connectivity index (χ1v) is 14.1. The Balaban J connectivity index is 1.47. The van der Waals surface area contributed by atoms with E-state index in [2.05, 4.69) is 15.6 Å². The smallest absolute Gasteiger partial charge is 0.408 e. The van der Waals surface area contributed by atoms with E-state index in [1.165, 1.54) is 0 Å². The van der Waals surface area contributed by atoms with Gasteiger partial charge in [0.15, 0.2) is 11.6 Å². The molecule has 1 saturated heterocycles. The number of alkyl carbamates (subject to hydrolysis) is 1. The first-order valence-electron chi connectivity index (χ1n) is 14.1. The van der Waals surface area contributed by atoms with Crippen LogP contribution in [0, 0.1) is 11.8 Å². The van der Waals surface area contributed by atoms with Crippen molar-refractivity contribution in [2.75, 3.05) is 6.61 Å². The van der Waals surface area contributed by atoms with Gasteiger partial charge in [-0.15, -0.1) is 0 Å². The van der Waals surface area contributed by atoms with E-state index < -0.39 is 29.7 Å². The van der Waals surface area contributed by atoms with E-state index in [9.17, 15) is 19.2 Å². The van der Waals surface area contributed by atoms with Gasteiger partial charge in [-0.3, -0.25) is 14.4 Å². The maximum atomic E-state index is 13.7. The molecule has 0 aliphatic carbocycles. The van der Waals surface area contributed by atoms with E-state index in [4.69, 9.17) is 9.47 Å². The lowest BCUT2D eigenvalue weighted by atomic mass is 9.87. The highest BCUT2D eigenvalue weighted by Crippen LogP contribution is 2.31. The van der Waals surface area contributed by atoms with Gasteiger partial charge in [-0.25, -0.2) is 4.79 Å². The van der Waals surface area contributed by atoms with Crippen LogP contribution in [-0.2, 0) is 36.9 Å². The zero-order chi connectivity index (χ0) is 29.6. The zero-order valence-corrected chi connectivity index (χ0v) is 24.1. The molecule has 3 N–H and O–H groups in total. The first kappa shape index (κ1) is 30.0. The second-order valence-electron chi connectivity index (χ2n) is 11.1. The summed E-state index contributed by atoms with van der Waals surface area (Å²) in [5, 5.41) is 6.49. The minimum absolute atomic E-state index is 0.0762. The van der Waals surface area contributed by atoms with Crippen LogP contribution in [0.1, 0.15) is 51.7 Å². The third kappa shape index (κ3) is 7.61. The fourth-order valence-electron chi connectivity index (χ4n) is 4.82. The fourth-order valence-corrected chi connectivity index (χ4v) is 4.82. The van der Waals surface area contributed by atoms with Crippen LogP contribution in [-0.4, -0.2) is 52.8 Å². The Kier molecular flexibility index (Phi) is 9.60. The summed E-state index contributed by atoms with van der Waals surface area (Å²) >= 11 is 0. The van der Waals surface area contributed by atoms with E-state index in [-0.39, 0.29) is 42.8 Å². The van der Waals surface area contributed by atoms with Crippen molar-refractivity contribution in [1.29, 1.82) is 0 Å². The molecule has 0 bridgehead atoms. The summed E-state index contributed by atoms with van der Waals surface area (Å²) in [5.41, 5.74) is 1.76. The molecule has 2 aromatic carbocycles. The highest BCUT2D eigenvalue weighted by molar-refractivity contribution is 5.98. The number of amides is 2. The van der Waals surface area contributed by atoms with Gasteiger partial charge in [-0.2, -0.15) is 0 Å². The van der Waals surface area contributed by atoms with Crippen LogP contribution in [0.25, 0.3) is 10.9 Å². The maximum absolute atomic E-state index is 13.7. The van der Waals surface area contributed by atoms with Crippen LogP contribution in [0.3, 0.4) is 0 Å². The van der Waals surface area contributed by atoms with Gasteiger partial charge in [0.05, 0.1) is 18.7 Å². The summed E-state index contributed by atoms with van der Waals surface area (Å²) in [6.45, 7) is 7.59. The van der Waals surface area contributed by atoms with Gasteiger partial charge in [-0.05, 0) is 43.4 Å². The molecule has 2 heterocycles. The van der Waals surface area contributed by atoms with Gasteiger partial charge in [0.2, 0.25) is 5.91 Å². The number of H-pyrrole nitrogens is 1. The number of nitrogens with one attached hydrogen (secondary N) is 3. The van der Waals surface area contributed by atoms with Crippen molar-refractivity contribution in [2.24, 2.45) is 11.8 Å². The van der Waals surface area contributed by atoms with Gasteiger partial charge in [0, 0.05) is 29.4 Å². The molecule has 4 rings (SSSR count). The van der Waals surface area contributed by atoms with E-state index in [0.29, 0.717) is 13.0 Å². The average Bonchev–Trinajstić information content (AvgIpc) is 3.61. The number of para-hydroxylation sites is 1. The second-order valence-corrected chi connectivity index (χ2v) is 11.1. The molecule has 1 aliphatic rings. The van der Waals surface area contributed by atoms with Crippen molar-refractivity contribution in [3.8, 4) is 0 Å². The lowest BCUT2D eigenvalue weighted by Gasteiger charge is -2.27. The topological polar surface area (TPSA) is 130 Å². The lowest BCUT2D eigenvalue weighted by Crippen LogP contribution is -2.52. The molecule has 1 aromatic heterocycles. The number of fused-ring (bicyclic) bond motifs is 1. The molecule has 2 unspecified atom stereocenters. The molecule has 1 aliphatic heterocycles. The number of rotatable bonds is 14. The minimum atomic E-state index is -0.887. The largest absolute Gasteiger partial charge is 0.445 e. The van der Waals surface area contributed by atoms with E-state index in [1.807, 2.05) is 74.6 Å². The standard InChI is InChI=1S/C32H39N3O6/c1-5-20(2)28(29(37)32(4)19-41-32)35-30(38)23(15-24-17-33-26-14-10-9-13-25(24)26)16-27(36)21(3)34-31(39)40-18-22-11-7-6-8-12-22/h6-14,17,20-21,23,28,33H,5,15-16,18-19H2,1-4H3,(H,34,39)(H,35,38)/t20-,21-,23+,28?,32?/m0/s1. The zero-order valence-electron chi connectivity index (χ0n) is 24.1. The van der Waals surface area contributed by atoms with Crippen LogP contribution in [0.2, 0.25) is 0 Å². The Bertz CT molecular complexity index is 1380. The number of Topliss-reactive ketones (excluding diaryl/α,β-unsaturated/α-hetero) is 2. The van der Waals surface area contributed by atoms with E-state index in [0.717, 1.165) is 22.0 Å². The molecule has 0 spiro atoms. The maximum Gasteiger partial charge on any atom is 0.408 e. The summed E-state index contributed by atoms with van der Waals surface area (Å²) in [7, 11) is 0. The number of carbonyl (C=O) groups excluding carboxylic acids is 4. The number of ketones is 2. The monoisotopic (exact) mass is 561 g/mol. The number of aromatic amines is 1. The van der Waals surface area contributed by atoms with Crippen LogP contribution in [0.4, 0.5) is 4.79 Å². The highest BCUT2D eigenvalue weighted by Gasteiger charge is 2.51. The molecule has 9 nitrogen and oxygen atoms in total. The van der Waals surface area contributed by atoms with Crippen LogP contribution >= 0.6 is 0 Å². The fraction of sp³-hybridized carbons (Fsp3) is 0.438. The van der Waals surface area contributed by atoms with Gasteiger partial charge in [0.25, 0.3) is 0 Å². The van der Waals surface area contributed by atoms with E-state index >= 15 is 0 Å². The van der Waals surface area contributed by atoms with Crippen molar-refractivity contribution in [3.63, 3.8) is 0 Å². The number of ether oxygens (including phenoxy) is 2. The van der Waals surface area contributed by atoms with Gasteiger partial charge in [-0.1, -0.05) is 68.8 Å². The first-order chi connectivity index (χ1) is 19.6. The number of carbonyl (C=O) groups is 4. The lowest BCUT2D eigenvalue weighted by molar-refractivity contribution is -0.135. The number of hydrogen-bond donors (Lipinski definition) is 3. The molecule has 2 amide bonds. The van der Waals surface area contributed by atoms with Crippen LogP contribution in [0.5, 0.6) is 0 Å². The van der Waals surface area contributed by atoms with Gasteiger partial charge in [0.1, 0.15) is 12.2 Å². The molecular weight excluding hydrogens is 522 g/mol. The normalized spacial score (nSPS) is 19.0. The van der Waals surface area contributed by atoms with Gasteiger partial charge < -0.3 is 25.1 Å². The Hall–Kier alpha value is -3.98. The van der Waals surface area contributed by atoms with Crippen molar-refractivity contribution < 1.29 is 28.7 Å². The summed E-state index contributed by atoms with van der Waals surface area (Å²) in [6.07, 6.45) is 1.97. The van der Waals surface area contributed by atoms with E-state index in [1.54, 1.807) is 13.8 Å². The minimum Gasteiger partial charge on any atom is -0.445 e. The summed E-state index contributed by atoms with van der Waals surface area (Å²) in [5.74, 6) is -1.74. The molecule has 3 aromatic rings. The summed E-state index contributed by atoms with van der Waals surface area (Å²) in [4.78, 5) is 55.8. The molecular formula is C32H39N3O6. The Morgan fingerprint density at radius 2 is 1.71 bits per heavy atom. The molecule has 1 fully saturated rings. The predicted molar refractivity (Wildman–Crippen MR) is 155 cm³/mol. The Labute approximate surface area is 240 Å². The van der Waals surface area contributed by atoms with Crippen LogP contribution < -0.4 is 10.6 Å². The summed E-state index contributed by atoms with van der Waals surface area (Å²) < 4.78 is 10.6. The van der Waals surface area contributed by atoms with Crippen molar-refractivity contribution >= 4 is 34.5 Å². The molecule has 0 radical (unpaired) electrons. The molecule has 0 saturated carbocycles. The quantitative estimate of drug-likeness (QED) is 0.249. The number of hydrogen-bond acceptors (Lipinski definition) is 6. The highest BCUT2D eigenvalue weighted by atomic mass is 16.6.